The SMILES string of the molecule is CCCCC1(N)CCC1(N)CCCC. The fraction of sp³-hybridized carbons (Fsp3) is 1.00. The van der Waals surface area contributed by atoms with Crippen LogP contribution >= 0.6 is 0 Å². The van der Waals surface area contributed by atoms with Crippen LogP contribution in [0.4, 0.5) is 0 Å². The quantitative estimate of drug-likeness (QED) is 0.689. The molecule has 14 heavy (non-hydrogen) atoms. The molecule has 1 aliphatic carbocycles. The summed E-state index contributed by atoms with van der Waals surface area (Å²) in [4.78, 5) is 0. The highest BCUT2D eigenvalue weighted by atomic mass is 15.0. The predicted molar refractivity (Wildman–Crippen MR) is 62.1 cm³/mol. The van der Waals surface area contributed by atoms with Crippen molar-refractivity contribution in [2.75, 3.05) is 0 Å². The topological polar surface area (TPSA) is 52.0 Å². The zero-order valence-electron chi connectivity index (χ0n) is 9.81. The van der Waals surface area contributed by atoms with Crippen molar-refractivity contribution in [2.45, 2.75) is 76.3 Å². The van der Waals surface area contributed by atoms with Gasteiger partial charge in [0.1, 0.15) is 0 Å². The average Bonchev–Trinajstić information content (AvgIpc) is 2.20. The minimum absolute atomic E-state index is 0.0435. The second-order valence-electron chi connectivity index (χ2n) is 5.02. The molecule has 0 aromatic rings. The van der Waals surface area contributed by atoms with Gasteiger partial charge in [0.2, 0.25) is 0 Å². The Hall–Kier alpha value is -0.0800. The zero-order valence-corrected chi connectivity index (χ0v) is 9.81. The maximum atomic E-state index is 6.38. The molecule has 0 spiro atoms. The maximum absolute atomic E-state index is 6.38. The molecule has 1 saturated carbocycles. The number of nitrogens with two attached hydrogens (primary N) is 2. The first-order chi connectivity index (χ1) is 6.58. The van der Waals surface area contributed by atoms with E-state index in [9.17, 15) is 0 Å². The van der Waals surface area contributed by atoms with Crippen LogP contribution in [0.3, 0.4) is 0 Å². The van der Waals surface area contributed by atoms with Crippen molar-refractivity contribution in [2.24, 2.45) is 11.5 Å². The summed E-state index contributed by atoms with van der Waals surface area (Å²) >= 11 is 0. The summed E-state index contributed by atoms with van der Waals surface area (Å²) in [5.74, 6) is 0. The lowest BCUT2D eigenvalue weighted by Gasteiger charge is -2.56. The van der Waals surface area contributed by atoms with E-state index < -0.39 is 0 Å². The highest BCUT2D eigenvalue weighted by Gasteiger charge is 2.52. The molecule has 2 heteroatoms. The Balaban J connectivity index is 2.44. The van der Waals surface area contributed by atoms with Gasteiger partial charge in [-0.05, 0) is 25.7 Å². The van der Waals surface area contributed by atoms with Gasteiger partial charge in [0, 0.05) is 11.1 Å². The molecule has 4 N–H and O–H groups in total. The molecule has 0 radical (unpaired) electrons. The Kier molecular flexibility index (Phi) is 3.96. The van der Waals surface area contributed by atoms with Crippen molar-refractivity contribution in [1.29, 1.82) is 0 Å². The lowest BCUT2D eigenvalue weighted by molar-refractivity contribution is 0.0644. The van der Waals surface area contributed by atoms with Crippen molar-refractivity contribution in [3.05, 3.63) is 0 Å². The van der Waals surface area contributed by atoms with Gasteiger partial charge in [0.15, 0.2) is 0 Å². The third-order valence-electron chi connectivity index (χ3n) is 3.96. The summed E-state index contributed by atoms with van der Waals surface area (Å²) in [7, 11) is 0. The van der Waals surface area contributed by atoms with Crippen LogP contribution in [0, 0.1) is 0 Å². The zero-order chi connectivity index (χ0) is 10.7. The van der Waals surface area contributed by atoms with Crippen LogP contribution in [0.1, 0.15) is 65.2 Å². The van der Waals surface area contributed by atoms with E-state index in [1.165, 1.54) is 25.7 Å². The van der Waals surface area contributed by atoms with Crippen LogP contribution in [-0.2, 0) is 0 Å². The first-order valence-corrected chi connectivity index (χ1v) is 6.16. The fourth-order valence-corrected chi connectivity index (χ4v) is 2.50. The van der Waals surface area contributed by atoms with Crippen molar-refractivity contribution in [3.8, 4) is 0 Å². The average molecular weight is 198 g/mol. The van der Waals surface area contributed by atoms with Gasteiger partial charge in [-0.1, -0.05) is 39.5 Å². The molecule has 0 heterocycles. The second-order valence-corrected chi connectivity index (χ2v) is 5.02. The van der Waals surface area contributed by atoms with Crippen LogP contribution in [0.15, 0.2) is 0 Å². The van der Waals surface area contributed by atoms with Crippen molar-refractivity contribution in [1.82, 2.24) is 0 Å². The number of unbranched alkanes of at least 4 members (excludes halogenated alkanes) is 2. The van der Waals surface area contributed by atoms with Crippen molar-refractivity contribution < 1.29 is 0 Å². The fourth-order valence-electron chi connectivity index (χ4n) is 2.50. The van der Waals surface area contributed by atoms with E-state index in [0.717, 1.165) is 25.7 Å². The summed E-state index contributed by atoms with van der Waals surface area (Å²) in [5, 5.41) is 0. The van der Waals surface area contributed by atoms with Gasteiger partial charge in [-0.3, -0.25) is 0 Å². The number of rotatable bonds is 6. The molecule has 1 rings (SSSR count). The van der Waals surface area contributed by atoms with E-state index in [-0.39, 0.29) is 11.1 Å². The Morgan fingerprint density at radius 2 is 1.21 bits per heavy atom. The summed E-state index contributed by atoms with van der Waals surface area (Å²) in [6, 6.07) is 0. The van der Waals surface area contributed by atoms with E-state index in [0.29, 0.717) is 0 Å². The first-order valence-electron chi connectivity index (χ1n) is 6.16. The molecule has 2 nitrogen and oxygen atoms in total. The van der Waals surface area contributed by atoms with Gasteiger partial charge >= 0.3 is 0 Å². The van der Waals surface area contributed by atoms with Crippen LogP contribution in [0.2, 0.25) is 0 Å². The first kappa shape index (κ1) is 12.0. The molecule has 0 aliphatic heterocycles. The second kappa shape index (κ2) is 4.63. The van der Waals surface area contributed by atoms with E-state index >= 15 is 0 Å². The van der Waals surface area contributed by atoms with E-state index in [1.807, 2.05) is 0 Å². The normalized spacial score (nSPS) is 36.9. The molecular formula is C12H26N2. The Morgan fingerprint density at radius 3 is 1.43 bits per heavy atom. The van der Waals surface area contributed by atoms with Crippen molar-refractivity contribution >= 4 is 0 Å². The van der Waals surface area contributed by atoms with Gasteiger partial charge in [0.05, 0.1) is 0 Å². The van der Waals surface area contributed by atoms with Gasteiger partial charge in [0.25, 0.3) is 0 Å². The van der Waals surface area contributed by atoms with E-state index in [2.05, 4.69) is 13.8 Å². The van der Waals surface area contributed by atoms with Crippen LogP contribution in [0.25, 0.3) is 0 Å². The third kappa shape index (κ3) is 2.12. The summed E-state index contributed by atoms with van der Waals surface area (Å²) in [5.41, 5.74) is 12.7. The largest absolute Gasteiger partial charge is 0.324 e. The van der Waals surface area contributed by atoms with Gasteiger partial charge in [-0.2, -0.15) is 0 Å². The van der Waals surface area contributed by atoms with Gasteiger partial charge < -0.3 is 11.5 Å². The van der Waals surface area contributed by atoms with Crippen LogP contribution in [-0.4, -0.2) is 11.1 Å². The summed E-state index contributed by atoms with van der Waals surface area (Å²) in [6.45, 7) is 4.43. The lowest BCUT2D eigenvalue weighted by atomic mass is 9.57. The molecular weight excluding hydrogens is 172 g/mol. The molecule has 2 atom stereocenters. The number of hydrogen-bond acceptors (Lipinski definition) is 2. The molecule has 2 unspecified atom stereocenters. The van der Waals surface area contributed by atoms with Crippen LogP contribution < -0.4 is 11.5 Å². The number of hydrogen-bond donors (Lipinski definition) is 2. The van der Waals surface area contributed by atoms with E-state index in [1.54, 1.807) is 0 Å². The highest BCUT2D eigenvalue weighted by molar-refractivity contribution is 5.15. The minimum atomic E-state index is -0.0435. The lowest BCUT2D eigenvalue weighted by Crippen LogP contribution is -2.73. The van der Waals surface area contributed by atoms with Gasteiger partial charge in [-0.15, -0.1) is 0 Å². The molecule has 0 aromatic heterocycles. The Bertz CT molecular complexity index is 161. The monoisotopic (exact) mass is 198 g/mol. The van der Waals surface area contributed by atoms with Crippen LogP contribution in [0.5, 0.6) is 0 Å². The maximum Gasteiger partial charge on any atom is 0.0337 e. The minimum Gasteiger partial charge on any atom is -0.324 e. The molecule has 0 saturated heterocycles. The molecule has 1 fully saturated rings. The summed E-state index contributed by atoms with van der Waals surface area (Å²) in [6.07, 6.45) is 9.39. The highest BCUT2D eigenvalue weighted by Crippen LogP contribution is 2.44. The summed E-state index contributed by atoms with van der Waals surface area (Å²) < 4.78 is 0. The molecule has 0 amide bonds. The standard InChI is InChI=1S/C12H26N2/c1-3-5-7-11(13)9-10-12(11,14)8-6-4-2/h3-10,13-14H2,1-2H3. The third-order valence-corrected chi connectivity index (χ3v) is 3.96. The smallest absolute Gasteiger partial charge is 0.0337 e. The van der Waals surface area contributed by atoms with Crippen molar-refractivity contribution in [3.63, 3.8) is 0 Å². The molecule has 0 bridgehead atoms. The van der Waals surface area contributed by atoms with E-state index in [4.69, 9.17) is 11.5 Å². The predicted octanol–water partition coefficient (Wildman–Crippen LogP) is 2.56. The Labute approximate surface area is 88.4 Å². The Morgan fingerprint density at radius 1 is 0.857 bits per heavy atom. The van der Waals surface area contributed by atoms with Gasteiger partial charge in [-0.25, -0.2) is 0 Å². The molecule has 1 aliphatic rings. The molecule has 0 aromatic carbocycles. The molecule has 84 valence electrons.